The lowest BCUT2D eigenvalue weighted by Crippen LogP contribution is -2.13. The number of hydrogen-bond acceptors (Lipinski definition) is 3. The summed E-state index contributed by atoms with van der Waals surface area (Å²) in [5.41, 5.74) is 2.04. The van der Waals surface area contributed by atoms with Crippen LogP contribution in [0.1, 0.15) is 17.5 Å². The number of aromatic amines is 1. The van der Waals surface area contributed by atoms with Gasteiger partial charge in [0, 0.05) is 24.4 Å². The molecule has 2 aromatic heterocycles. The summed E-state index contributed by atoms with van der Waals surface area (Å²) in [6.07, 6.45) is 6.29. The van der Waals surface area contributed by atoms with Gasteiger partial charge in [0.05, 0.1) is 6.20 Å². The summed E-state index contributed by atoms with van der Waals surface area (Å²) in [5, 5.41) is 9.38. The SMILES string of the molecule is Cc1cn[nH]c1NC(=O)CCc1ccncc1. The van der Waals surface area contributed by atoms with Crippen molar-refractivity contribution in [2.45, 2.75) is 19.8 Å². The van der Waals surface area contributed by atoms with Crippen LogP contribution in [-0.4, -0.2) is 21.1 Å². The Hall–Kier alpha value is -2.17. The quantitative estimate of drug-likeness (QED) is 0.839. The monoisotopic (exact) mass is 230 g/mol. The zero-order valence-corrected chi connectivity index (χ0v) is 9.60. The number of aromatic nitrogens is 3. The third kappa shape index (κ3) is 3.14. The highest BCUT2D eigenvalue weighted by Crippen LogP contribution is 2.09. The first-order valence-corrected chi connectivity index (χ1v) is 5.44. The van der Waals surface area contributed by atoms with Gasteiger partial charge in [-0.1, -0.05) is 0 Å². The molecule has 0 aromatic carbocycles. The highest BCUT2D eigenvalue weighted by Gasteiger charge is 2.06. The smallest absolute Gasteiger partial charge is 0.225 e. The normalized spacial score (nSPS) is 10.2. The van der Waals surface area contributed by atoms with Crippen LogP contribution in [0.5, 0.6) is 0 Å². The Balaban J connectivity index is 1.85. The molecule has 2 rings (SSSR count). The third-order valence-corrected chi connectivity index (χ3v) is 2.48. The van der Waals surface area contributed by atoms with E-state index in [9.17, 15) is 4.79 Å². The van der Waals surface area contributed by atoms with Crippen molar-refractivity contribution in [3.63, 3.8) is 0 Å². The van der Waals surface area contributed by atoms with Crippen LogP contribution in [0.2, 0.25) is 0 Å². The fraction of sp³-hybridized carbons (Fsp3) is 0.250. The summed E-state index contributed by atoms with van der Waals surface area (Å²) in [6.45, 7) is 1.89. The number of aryl methyl sites for hydroxylation is 2. The predicted octanol–water partition coefficient (Wildman–Crippen LogP) is 1.68. The van der Waals surface area contributed by atoms with E-state index in [0.717, 1.165) is 11.1 Å². The van der Waals surface area contributed by atoms with Crippen molar-refractivity contribution in [3.8, 4) is 0 Å². The second-order valence-corrected chi connectivity index (χ2v) is 3.83. The Kier molecular flexibility index (Phi) is 3.49. The Labute approximate surface area is 99.3 Å². The van der Waals surface area contributed by atoms with Crippen molar-refractivity contribution < 1.29 is 4.79 Å². The fourth-order valence-electron chi connectivity index (χ4n) is 1.48. The Bertz CT molecular complexity index is 492. The number of anilines is 1. The fourth-order valence-corrected chi connectivity index (χ4v) is 1.48. The van der Waals surface area contributed by atoms with Crippen LogP contribution in [0.3, 0.4) is 0 Å². The molecule has 0 saturated carbocycles. The lowest BCUT2D eigenvalue weighted by molar-refractivity contribution is -0.116. The molecule has 0 atom stereocenters. The molecule has 88 valence electrons. The molecule has 2 N–H and O–H groups in total. The van der Waals surface area contributed by atoms with Crippen molar-refractivity contribution in [2.24, 2.45) is 0 Å². The maximum Gasteiger partial charge on any atom is 0.225 e. The van der Waals surface area contributed by atoms with Gasteiger partial charge in [0.25, 0.3) is 0 Å². The molecular formula is C12H14N4O. The zero-order chi connectivity index (χ0) is 12.1. The van der Waals surface area contributed by atoms with Gasteiger partial charge in [-0.15, -0.1) is 0 Å². The largest absolute Gasteiger partial charge is 0.311 e. The van der Waals surface area contributed by atoms with E-state index in [2.05, 4.69) is 20.5 Å². The van der Waals surface area contributed by atoms with Crippen LogP contribution in [0, 0.1) is 6.92 Å². The summed E-state index contributed by atoms with van der Waals surface area (Å²) in [6, 6.07) is 3.82. The van der Waals surface area contributed by atoms with E-state index >= 15 is 0 Å². The summed E-state index contributed by atoms with van der Waals surface area (Å²) in [4.78, 5) is 15.6. The molecule has 0 unspecified atom stereocenters. The minimum absolute atomic E-state index is 0.0193. The summed E-state index contributed by atoms with van der Waals surface area (Å²) in [7, 11) is 0. The first-order valence-electron chi connectivity index (χ1n) is 5.44. The van der Waals surface area contributed by atoms with Gasteiger partial charge >= 0.3 is 0 Å². The standard InChI is InChI=1S/C12H14N4O/c1-9-8-14-16-12(9)15-11(17)3-2-10-4-6-13-7-5-10/h4-8H,2-3H2,1H3,(H2,14,15,16,17). The second-order valence-electron chi connectivity index (χ2n) is 3.83. The molecule has 0 aliphatic carbocycles. The number of rotatable bonds is 4. The first kappa shape index (κ1) is 11.3. The van der Waals surface area contributed by atoms with E-state index in [0.29, 0.717) is 18.7 Å². The third-order valence-electron chi connectivity index (χ3n) is 2.48. The number of pyridine rings is 1. The van der Waals surface area contributed by atoms with Crippen LogP contribution in [0.4, 0.5) is 5.82 Å². The Morgan fingerprint density at radius 2 is 2.18 bits per heavy atom. The van der Waals surface area contributed by atoms with Crippen molar-refractivity contribution in [2.75, 3.05) is 5.32 Å². The molecule has 0 aliphatic rings. The number of nitrogens with one attached hydrogen (secondary N) is 2. The van der Waals surface area contributed by atoms with Crippen LogP contribution >= 0.6 is 0 Å². The number of hydrogen-bond donors (Lipinski definition) is 2. The van der Waals surface area contributed by atoms with E-state index < -0.39 is 0 Å². The number of amides is 1. The number of H-pyrrole nitrogens is 1. The van der Waals surface area contributed by atoms with Gasteiger partial charge in [-0.25, -0.2) is 0 Å². The van der Waals surface area contributed by atoms with Crippen LogP contribution in [-0.2, 0) is 11.2 Å². The predicted molar refractivity (Wildman–Crippen MR) is 64.5 cm³/mol. The molecule has 17 heavy (non-hydrogen) atoms. The molecule has 0 bridgehead atoms. The van der Waals surface area contributed by atoms with E-state index in [1.165, 1.54) is 0 Å². The van der Waals surface area contributed by atoms with Crippen LogP contribution in [0.15, 0.2) is 30.7 Å². The lowest BCUT2D eigenvalue weighted by Gasteiger charge is -2.03. The molecule has 5 heteroatoms. The maximum atomic E-state index is 11.7. The molecule has 5 nitrogen and oxygen atoms in total. The van der Waals surface area contributed by atoms with Gasteiger partial charge in [-0.3, -0.25) is 14.9 Å². The van der Waals surface area contributed by atoms with E-state index in [4.69, 9.17) is 0 Å². The average Bonchev–Trinajstić information content (AvgIpc) is 2.74. The van der Waals surface area contributed by atoms with Crippen molar-refractivity contribution in [1.29, 1.82) is 0 Å². The lowest BCUT2D eigenvalue weighted by atomic mass is 10.1. The van der Waals surface area contributed by atoms with Gasteiger partial charge in [0.15, 0.2) is 0 Å². The number of carbonyl (C=O) groups is 1. The molecule has 2 heterocycles. The maximum absolute atomic E-state index is 11.7. The molecule has 1 amide bonds. The van der Waals surface area contributed by atoms with Crippen molar-refractivity contribution in [3.05, 3.63) is 41.9 Å². The van der Waals surface area contributed by atoms with Crippen molar-refractivity contribution >= 4 is 11.7 Å². The molecular weight excluding hydrogens is 216 g/mol. The van der Waals surface area contributed by atoms with Crippen molar-refractivity contribution in [1.82, 2.24) is 15.2 Å². The van der Waals surface area contributed by atoms with Gasteiger partial charge in [-0.2, -0.15) is 5.10 Å². The Morgan fingerprint density at radius 3 is 2.82 bits per heavy atom. The molecule has 2 aromatic rings. The van der Waals surface area contributed by atoms with Gasteiger partial charge in [0.2, 0.25) is 5.91 Å². The summed E-state index contributed by atoms with van der Waals surface area (Å²) in [5.74, 6) is 0.652. The van der Waals surface area contributed by atoms with Gasteiger partial charge in [0.1, 0.15) is 5.82 Å². The minimum Gasteiger partial charge on any atom is -0.311 e. The summed E-state index contributed by atoms with van der Waals surface area (Å²) < 4.78 is 0. The average molecular weight is 230 g/mol. The Morgan fingerprint density at radius 1 is 1.41 bits per heavy atom. The first-order chi connectivity index (χ1) is 8.25. The van der Waals surface area contributed by atoms with Crippen LogP contribution in [0.25, 0.3) is 0 Å². The molecule has 0 aliphatic heterocycles. The van der Waals surface area contributed by atoms with Crippen LogP contribution < -0.4 is 5.32 Å². The topological polar surface area (TPSA) is 70.7 Å². The van der Waals surface area contributed by atoms with E-state index in [1.807, 2.05) is 19.1 Å². The van der Waals surface area contributed by atoms with Gasteiger partial charge in [-0.05, 0) is 31.0 Å². The molecule has 0 spiro atoms. The number of carbonyl (C=O) groups excluding carboxylic acids is 1. The van der Waals surface area contributed by atoms with E-state index in [1.54, 1.807) is 18.6 Å². The molecule has 0 fully saturated rings. The molecule has 0 saturated heterocycles. The highest BCUT2D eigenvalue weighted by atomic mass is 16.1. The number of nitrogens with zero attached hydrogens (tertiary/aromatic N) is 2. The van der Waals surface area contributed by atoms with Gasteiger partial charge < -0.3 is 5.32 Å². The zero-order valence-electron chi connectivity index (χ0n) is 9.60. The minimum atomic E-state index is -0.0193. The summed E-state index contributed by atoms with van der Waals surface area (Å²) >= 11 is 0. The van der Waals surface area contributed by atoms with E-state index in [-0.39, 0.29) is 5.91 Å². The molecule has 0 radical (unpaired) electrons. The second kappa shape index (κ2) is 5.25. The highest BCUT2D eigenvalue weighted by molar-refractivity contribution is 5.90.